The van der Waals surface area contributed by atoms with Crippen molar-refractivity contribution in [3.05, 3.63) is 67.5 Å². The normalized spacial score (nSPS) is 18.1. The fraction of sp³-hybridized carbons (Fsp3) is 0.514. The molecule has 14 heteroatoms. The van der Waals surface area contributed by atoms with Crippen LogP contribution in [0.25, 0.3) is 22.1 Å². The number of nitriles is 2. The number of nitrogens with zero attached hydrogens (tertiary/aromatic N) is 7. The van der Waals surface area contributed by atoms with Crippen LogP contribution in [0, 0.1) is 22.7 Å². The van der Waals surface area contributed by atoms with Crippen LogP contribution in [0.4, 0.5) is 11.4 Å². The number of pyridine rings is 4. The predicted octanol–water partition coefficient (Wildman–Crippen LogP) is 3.70. The van der Waals surface area contributed by atoms with Crippen LogP contribution >= 0.6 is 0 Å². The minimum absolute atomic E-state index is 0.0400. The van der Waals surface area contributed by atoms with E-state index in [1.54, 1.807) is 52.1 Å². The van der Waals surface area contributed by atoms with Crippen LogP contribution in [-0.4, -0.2) is 74.2 Å². The number of aliphatic hydroxyl groups excluding tert-OH is 1. The van der Waals surface area contributed by atoms with Gasteiger partial charge in [0.1, 0.15) is 46.6 Å². The molecule has 0 saturated carbocycles. The number of aromatic amines is 1. The van der Waals surface area contributed by atoms with Gasteiger partial charge in [-0.25, -0.2) is 9.97 Å². The molecule has 6 heterocycles. The Morgan fingerprint density at radius 3 is 2.06 bits per heavy atom. The third-order valence-electron chi connectivity index (χ3n) is 10.5. The fourth-order valence-electron chi connectivity index (χ4n) is 6.97. The highest BCUT2D eigenvalue weighted by Crippen LogP contribution is 2.36. The van der Waals surface area contributed by atoms with Crippen LogP contribution in [0.15, 0.2) is 33.9 Å². The number of piperidine rings is 2. The van der Waals surface area contributed by atoms with Gasteiger partial charge in [0.2, 0.25) is 0 Å². The Labute approximate surface area is 295 Å². The van der Waals surface area contributed by atoms with E-state index < -0.39 is 28.4 Å². The molecule has 2 aliphatic rings. The molecule has 4 aromatic rings. The van der Waals surface area contributed by atoms with E-state index in [-0.39, 0.29) is 23.5 Å². The summed E-state index contributed by atoms with van der Waals surface area (Å²) in [5.74, 6) is 0. The molecule has 268 valence electrons. The Kier molecular flexibility index (Phi) is 9.42. The number of fused-ring (bicyclic) bond motifs is 2. The van der Waals surface area contributed by atoms with Gasteiger partial charge in [0.25, 0.3) is 11.1 Å². The van der Waals surface area contributed by atoms with Gasteiger partial charge in [0.05, 0.1) is 51.1 Å². The van der Waals surface area contributed by atoms with Crippen LogP contribution in [0.2, 0.25) is 0 Å². The first-order valence-electron chi connectivity index (χ1n) is 17.2. The molecule has 14 nitrogen and oxygen atoms in total. The summed E-state index contributed by atoms with van der Waals surface area (Å²) in [6.45, 7) is 10.7. The molecule has 51 heavy (non-hydrogen) atoms. The zero-order valence-corrected chi connectivity index (χ0v) is 29.9. The molecule has 2 aliphatic heterocycles. The number of hydrogen-bond donors (Lipinski definition) is 3. The number of H-pyrrole nitrogens is 1. The van der Waals surface area contributed by atoms with E-state index in [9.17, 15) is 30.3 Å². The molecule has 1 atom stereocenters. The third-order valence-corrected chi connectivity index (χ3v) is 10.5. The number of aromatic nitrogens is 4. The summed E-state index contributed by atoms with van der Waals surface area (Å²) in [5, 5.41) is 41.4. The molecule has 3 N–H and O–H groups in total. The Balaban J connectivity index is 1.32. The van der Waals surface area contributed by atoms with E-state index in [0.717, 1.165) is 0 Å². The van der Waals surface area contributed by atoms with E-state index in [4.69, 9.17) is 14.5 Å². The summed E-state index contributed by atoms with van der Waals surface area (Å²) >= 11 is 0. The first kappa shape index (κ1) is 35.9. The molecular weight excluding hydrogens is 652 g/mol. The smallest absolute Gasteiger partial charge is 0.273 e. The summed E-state index contributed by atoms with van der Waals surface area (Å²) in [4.78, 5) is 43.1. The van der Waals surface area contributed by atoms with Crippen LogP contribution in [0.3, 0.4) is 0 Å². The lowest BCUT2D eigenvalue weighted by molar-refractivity contribution is -0.0814. The van der Waals surface area contributed by atoms with Crippen molar-refractivity contribution in [1.82, 2.24) is 19.5 Å². The van der Waals surface area contributed by atoms with Gasteiger partial charge >= 0.3 is 0 Å². The Morgan fingerprint density at radius 2 is 1.51 bits per heavy atom. The van der Waals surface area contributed by atoms with Gasteiger partial charge in [-0.05, 0) is 84.6 Å². The maximum absolute atomic E-state index is 14.1. The standard InChI is InChI=1S/C37H44N8O6/c1-22(46)25-7-8-26-29(40-25)31(23(19-38)33(47)41-26)43-17-13-37(5,14-18-43)51-21-45-27-9-10-28(35(2,3)49)42-30(27)32(24(20-39)34(45)48)44-15-11-36(4,50-6)12-16-44/h7-10,22,46,49H,11-18,21H2,1-6H3,(H,41,47). The molecule has 0 aromatic carbocycles. The summed E-state index contributed by atoms with van der Waals surface area (Å²) in [5.41, 5.74) is 0.116. The molecule has 0 amide bonds. The molecule has 0 radical (unpaired) electrons. The molecule has 0 bridgehead atoms. The lowest BCUT2D eigenvalue weighted by Crippen LogP contribution is -2.46. The number of nitrogens with one attached hydrogen (secondary N) is 1. The largest absolute Gasteiger partial charge is 0.387 e. The molecule has 6 rings (SSSR count). The lowest BCUT2D eigenvalue weighted by Gasteiger charge is -2.41. The highest BCUT2D eigenvalue weighted by atomic mass is 16.5. The highest BCUT2D eigenvalue weighted by Gasteiger charge is 2.36. The Hall–Kier alpha value is -4.86. The number of anilines is 2. The average Bonchev–Trinajstić information content (AvgIpc) is 3.10. The number of rotatable bonds is 8. The van der Waals surface area contributed by atoms with Crippen molar-refractivity contribution in [2.24, 2.45) is 0 Å². The topological polar surface area (TPSA) is 194 Å². The van der Waals surface area contributed by atoms with Crippen molar-refractivity contribution in [3.63, 3.8) is 0 Å². The van der Waals surface area contributed by atoms with Crippen LogP contribution in [0.5, 0.6) is 0 Å². The van der Waals surface area contributed by atoms with Crippen molar-refractivity contribution >= 4 is 33.4 Å². The zero-order chi connectivity index (χ0) is 36.9. The Morgan fingerprint density at radius 1 is 0.922 bits per heavy atom. The monoisotopic (exact) mass is 696 g/mol. The zero-order valence-electron chi connectivity index (χ0n) is 29.9. The quantitative estimate of drug-likeness (QED) is 0.242. The van der Waals surface area contributed by atoms with E-state index in [1.807, 2.05) is 29.7 Å². The number of ether oxygens (including phenoxy) is 2. The van der Waals surface area contributed by atoms with Crippen LogP contribution in [-0.2, 0) is 21.8 Å². The van der Waals surface area contributed by atoms with Crippen LogP contribution in [0.1, 0.15) is 88.9 Å². The number of hydrogen-bond acceptors (Lipinski definition) is 12. The van der Waals surface area contributed by atoms with Gasteiger partial charge in [-0.1, -0.05) is 0 Å². The molecule has 4 aromatic heterocycles. The van der Waals surface area contributed by atoms with Crippen molar-refractivity contribution in [3.8, 4) is 12.1 Å². The fourth-order valence-corrected chi connectivity index (χ4v) is 6.97. The van der Waals surface area contributed by atoms with E-state index >= 15 is 0 Å². The molecule has 2 saturated heterocycles. The van der Waals surface area contributed by atoms with Gasteiger partial charge in [0.15, 0.2) is 0 Å². The van der Waals surface area contributed by atoms with E-state index in [1.165, 1.54) is 4.57 Å². The first-order valence-corrected chi connectivity index (χ1v) is 17.2. The van der Waals surface area contributed by atoms with E-state index in [0.29, 0.717) is 96.7 Å². The minimum atomic E-state index is -1.26. The highest BCUT2D eigenvalue weighted by molar-refractivity contribution is 5.92. The summed E-state index contributed by atoms with van der Waals surface area (Å²) in [6.07, 6.45) is 1.54. The second-order valence-corrected chi connectivity index (χ2v) is 14.6. The predicted molar refractivity (Wildman–Crippen MR) is 191 cm³/mol. The Bertz CT molecular complexity index is 2190. The minimum Gasteiger partial charge on any atom is -0.387 e. The molecule has 1 unspecified atom stereocenters. The summed E-state index contributed by atoms with van der Waals surface area (Å²) in [6, 6.07) is 10.9. The van der Waals surface area contributed by atoms with Gasteiger partial charge in [-0.3, -0.25) is 14.2 Å². The lowest BCUT2D eigenvalue weighted by atomic mass is 9.92. The SMILES string of the molecule is COC1(C)CCN(c2c(C#N)c(=O)n(COC3(C)CCN(c4c(C#N)c(=O)[nH]c5ccc(C(C)O)nc45)CC3)c3ccc(C(C)(C)O)nc23)CC1. The molecule has 2 fully saturated rings. The van der Waals surface area contributed by atoms with Crippen LogP contribution < -0.4 is 20.9 Å². The van der Waals surface area contributed by atoms with E-state index in [2.05, 4.69) is 16.0 Å². The second kappa shape index (κ2) is 13.4. The first-order chi connectivity index (χ1) is 24.1. The van der Waals surface area contributed by atoms with Gasteiger partial charge in [-0.15, -0.1) is 0 Å². The molecule has 0 spiro atoms. The average molecular weight is 697 g/mol. The maximum atomic E-state index is 14.1. The van der Waals surface area contributed by atoms with Crippen molar-refractivity contribution in [2.75, 3.05) is 43.1 Å². The summed E-state index contributed by atoms with van der Waals surface area (Å²) in [7, 11) is 1.69. The number of methoxy groups -OCH3 is 1. The van der Waals surface area contributed by atoms with Gasteiger partial charge in [-0.2, -0.15) is 10.5 Å². The van der Waals surface area contributed by atoms with Gasteiger partial charge < -0.3 is 34.5 Å². The third kappa shape index (κ3) is 6.68. The maximum Gasteiger partial charge on any atom is 0.273 e. The number of aliphatic hydroxyl groups is 2. The van der Waals surface area contributed by atoms with Gasteiger partial charge in [0, 0.05) is 33.3 Å². The van der Waals surface area contributed by atoms with Crippen molar-refractivity contribution in [1.29, 1.82) is 10.5 Å². The van der Waals surface area contributed by atoms with Crippen molar-refractivity contribution < 1.29 is 19.7 Å². The molecule has 0 aliphatic carbocycles. The van der Waals surface area contributed by atoms with Crippen molar-refractivity contribution in [2.45, 2.75) is 89.9 Å². The second-order valence-electron chi connectivity index (χ2n) is 14.6. The molecular formula is C37H44N8O6. The summed E-state index contributed by atoms with van der Waals surface area (Å²) < 4.78 is 13.7.